The maximum Gasteiger partial charge on any atom is 0.0445 e. The lowest BCUT2D eigenvalue weighted by Crippen LogP contribution is -2.25. The third-order valence-electron chi connectivity index (χ3n) is 3.38. The van der Waals surface area contributed by atoms with Gasteiger partial charge in [-0.3, -0.25) is 9.97 Å². The van der Waals surface area contributed by atoms with Gasteiger partial charge >= 0.3 is 0 Å². The van der Waals surface area contributed by atoms with Crippen LogP contribution in [0.2, 0.25) is 0 Å². The standard InChI is InChI=1S/C17H24N4/c1-13(2)19-10-16-11-20-14(3)9-17(16)21(4)12-15-5-7-18-8-6-15/h5-9,11,13,19H,10,12H2,1-4H3. The van der Waals surface area contributed by atoms with Gasteiger partial charge in [-0.2, -0.15) is 0 Å². The summed E-state index contributed by atoms with van der Waals surface area (Å²) in [7, 11) is 2.12. The zero-order chi connectivity index (χ0) is 15.2. The molecule has 4 nitrogen and oxygen atoms in total. The van der Waals surface area contributed by atoms with Crippen LogP contribution in [0.3, 0.4) is 0 Å². The van der Waals surface area contributed by atoms with E-state index in [1.165, 1.54) is 16.8 Å². The van der Waals surface area contributed by atoms with E-state index < -0.39 is 0 Å². The molecule has 0 saturated carbocycles. The Hall–Kier alpha value is -1.94. The molecule has 0 saturated heterocycles. The lowest BCUT2D eigenvalue weighted by molar-refractivity contribution is 0.587. The van der Waals surface area contributed by atoms with Crippen LogP contribution in [0.25, 0.3) is 0 Å². The Balaban J connectivity index is 2.18. The van der Waals surface area contributed by atoms with Crippen LogP contribution in [0, 0.1) is 6.92 Å². The van der Waals surface area contributed by atoms with Crippen molar-refractivity contribution in [2.75, 3.05) is 11.9 Å². The highest BCUT2D eigenvalue weighted by Gasteiger charge is 2.10. The van der Waals surface area contributed by atoms with E-state index in [1.807, 2.05) is 25.5 Å². The summed E-state index contributed by atoms with van der Waals surface area (Å²) < 4.78 is 0. The molecular weight excluding hydrogens is 260 g/mol. The zero-order valence-corrected chi connectivity index (χ0v) is 13.3. The molecule has 4 heteroatoms. The SMILES string of the molecule is Cc1cc(N(C)Cc2ccncc2)c(CNC(C)C)cn1. The molecule has 21 heavy (non-hydrogen) atoms. The van der Waals surface area contributed by atoms with Crippen molar-refractivity contribution in [3.05, 3.63) is 53.6 Å². The van der Waals surface area contributed by atoms with Gasteiger partial charge in [-0.25, -0.2) is 0 Å². The lowest BCUT2D eigenvalue weighted by atomic mass is 10.1. The van der Waals surface area contributed by atoms with Crippen LogP contribution < -0.4 is 10.2 Å². The van der Waals surface area contributed by atoms with Gasteiger partial charge in [0.05, 0.1) is 0 Å². The average Bonchev–Trinajstić information content (AvgIpc) is 2.46. The molecular formula is C17H24N4. The quantitative estimate of drug-likeness (QED) is 0.885. The van der Waals surface area contributed by atoms with Crippen LogP contribution in [-0.2, 0) is 13.1 Å². The first-order valence-electron chi connectivity index (χ1n) is 7.35. The molecule has 0 aromatic carbocycles. The number of nitrogens with one attached hydrogen (secondary N) is 1. The Morgan fingerprint density at radius 1 is 1.24 bits per heavy atom. The Kier molecular flexibility index (Phi) is 5.28. The molecule has 0 aliphatic rings. The fourth-order valence-electron chi connectivity index (χ4n) is 2.23. The van der Waals surface area contributed by atoms with Gasteiger partial charge in [-0.1, -0.05) is 13.8 Å². The van der Waals surface area contributed by atoms with Gasteiger partial charge in [-0.05, 0) is 30.7 Å². The molecule has 0 unspecified atom stereocenters. The first-order valence-corrected chi connectivity index (χ1v) is 7.35. The monoisotopic (exact) mass is 284 g/mol. The summed E-state index contributed by atoms with van der Waals surface area (Å²) in [5, 5.41) is 3.46. The average molecular weight is 284 g/mol. The van der Waals surface area contributed by atoms with E-state index in [0.717, 1.165) is 18.8 Å². The topological polar surface area (TPSA) is 41.1 Å². The summed E-state index contributed by atoms with van der Waals surface area (Å²) in [5.74, 6) is 0. The lowest BCUT2D eigenvalue weighted by Gasteiger charge is -2.23. The number of hydrogen-bond donors (Lipinski definition) is 1. The summed E-state index contributed by atoms with van der Waals surface area (Å²) in [6.45, 7) is 8.04. The maximum atomic E-state index is 4.43. The third kappa shape index (κ3) is 4.53. The Morgan fingerprint density at radius 2 is 1.95 bits per heavy atom. The van der Waals surface area contributed by atoms with E-state index in [2.05, 4.69) is 59.3 Å². The van der Waals surface area contributed by atoms with Gasteiger partial charge in [0.15, 0.2) is 0 Å². The number of hydrogen-bond acceptors (Lipinski definition) is 4. The largest absolute Gasteiger partial charge is 0.370 e. The van der Waals surface area contributed by atoms with Gasteiger partial charge in [0, 0.05) is 61.7 Å². The van der Waals surface area contributed by atoms with E-state index in [-0.39, 0.29) is 0 Å². The highest BCUT2D eigenvalue weighted by Crippen LogP contribution is 2.21. The molecule has 0 bridgehead atoms. The zero-order valence-electron chi connectivity index (χ0n) is 13.3. The van der Waals surface area contributed by atoms with Crippen molar-refractivity contribution in [1.29, 1.82) is 0 Å². The van der Waals surface area contributed by atoms with Crippen LogP contribution in [0.15, 0.2) is 36.8 Å². The molecule has 0 fully saturated rings. The normalized spacial score (nSPS) is 10.9. The summed E-state index contributed by atoms with van der Waals surface area (Å²) in [6, 6.07) is 6.72. The first-order chi connectivity index (χ1) is 10.1. The molecule has 112 valence electrons. The molecule has 2 aromatic heterocycles. The highest BCUT2D eigenvalue weighted by atomic mass is 15.1. The molecule has 2 aromatic rings. The molecule has 0 amide bonds. The maximum absolute atomic E-state index is 4.43. The van der Waals surface area contributed by atoms with Gasteiger partial charge in [0.1, 0.15) is 0 Å². The fourth-order valence-corrected chi connectivity index (χ4v) is 2.23. The summed E-state index contributed by atoms with van der Waals surface area (Å²) in [5.41, 5.74) is 4.75. The molecule has 0 spiro atoms. The van der Waals surface area contributed by atoms with Crippen molar-refractivity contribution < 1.29 is 0 Å². The molecule has 2 rings (SSSR count). The Morgan fingerprint density at radius 3 is 2.62 bits per heavy atom. The smallest absolute Gasteiger partial charge is 0.0445 e. The number of pyridine rings is 2. The second-order valence-electron chi connectivity index (χ2n) is 5.70. The van der Waals surface area contributed by atoms with E-state index in [4.69, 9.17) is 0 Å². The predicted octanol–water partition coefficient (Wildman–Crippen LogP) is 2.92. The van der Waals surface area contributed by atoms with Crippen molar-refractivity contribution in [2.24, 2.45) is 0 Å². The van der Waals surface area contributed by atoms with Crippen molar-refractivity contribution in [3.63, 3.8) is 0 Å². The van der Waals surface area contributed by atoms with Crippen molar-refractivity contribution in [1.82, 2.24) is 15.3 Å². The molecule has 0 aliphatic carbocycles. The number of aryl methyl sites for hydroxylation is 1. The summed E-state index contributed by atoms with van der Waals surface area (Å²) >= 11 is 0. The second kappa shape index (κ2) is 7.18. The molecule has 1 N–H and O–H groups in total. The highest BCUT2D eigenvalue weighted by molar-refractivity contribution is 5.53. The molecule has 0 radical (unpaired) electrons. The van der Waals surface area contributed by atoms with Gasteiger partial charge < -0.3 is 10.2 Å². The number of aromatic nitrogens is 2. The minimum Gasteiger partial charge on any atom is -0.370 e. The number of rotatable bonds is 6. The third-order valence-corrected chi connectivity index (χ3v) is 3.38. The molecule has 0 atom stereocenters. The van der Waals surface area contributed by atoms with Crippen LogP contribution in [0.5, 0.6) is 0 Å². The Bertz CT molecular complexity index is 566. The van der Waals surface area contributed by atoms with Crippen molar-refractivity contribution in [3.8, 4) is 0 Å². The van der Waals surface area contributed by atoms with Crippen LogP contribution in [0.4, 0.5) is 5.69 Å². The van der Waals surface area contributed by atoms with Crippen molar-refractivity contribution >= 4 is 5.69 Å². The predicted molar refractivity (Wildman–Crippen MR) is 87.3 cm³/mol. The first kappa shape index (κ1) is 15.4. The van der Waals surface area contributed by atoms with Gasteiger partial charge in [-0.15, -0.1) is 0 Å². The van der Waals surface area contributed by atoms with Gasteiger partial charge in [0.25, 0.3) is 0 Å². The van der Waals surface area contributed by atoms with E-state index in [9.17, 15) is 0 Å². The van der Waals surface area contributed by atoms with E-state index in [0.29, 0.717) is 6.04 Å². The van der Waals surface area contributed by atoms with E-state index >= 15 is 0 Å². The molecule has 2 heterocycles. The molecule has 0 aliphatic heterocycles. The van der Waals surface area contributed by atoms with Crippen LogP contribution in [-0.4, -0.2) is 23.1 Å². The van der Waals surface area contributed by atoms with Gasteiger partial charge in [0.2, 0.25) is 0 Å². The number of anilines is 1. The number of nitrogens with zero attached hydrogens (tertiary/aromatic N) is 3. The second-order valence-corrected chi connectivity index (χ2v) is 5.70. The summed E-state index contributed by atoms with van der Waals surface area (Å²) in [6.07, 6.45) is 5.65. The minimum atomic E-state index is 0.463. The van der Waals surface area contributed by atoms with Crippen LogP contribution >= 0.6 is 0 Å². The minimum absolute atomic E-state index is 0.463. The van der Waals surface area contributed by atoms with Crippen LogP contribution in [0.1, 0.15) is 30.7 Å². The van der Waals surface area contributed by atoms with E-state index in [1.54, 1.807) is 0 Å². The summed E-state index contributed by atoms with van der Waals surface area (Å²) in [4.78, 5) is 10.8. The fraction of sp³-hybridized carbons (Fsp3) is 0.412. The Labute approximate surface area is 127 Å². The van der Waals surface area contributed by atoms with Crippen molar-refractivity contribution in [2.45, 2.75) is 39.9 Å².